The Morgan fingerprint density at radius 2 is 2.40 bits per heavy atom. The number of pyridine rings is 1. The molecule has 0 amide bonds. The van der Waals surface area contributed by atoms with E-state index in [0.29, 0.717) is 6.04 Å². The number of halogens is 1. The first-order valence-corrected chi connectivity index (χ1v) is 6.17. The summed E-state index contributed by atoms with van der Waals surface area (Å²) in [6.45, 7) is 5.75. The van der Waals surface area contributed by atoms with Gasteiger partial charge in [-0.2, -0.15) is 0 Å². The van der Waals surface area contributed by atoms with Crippen LogP contribution in [-0.2, 0) is 0 Å². The first kappa shape index (κ1) is 10.9. The van der Waals surface area contributed by atoms with Crippen LogP contribution in [0.1, 0.15) is 13.3 Å². The summed E-state index contributed by atoms with van der Waals surface area (Å²) in [5.74, 6) is 0. The Balaban J connectivity index is 1.82. The number of nitrogens with one attached hydrogen (secondary N) is 1. The SMILES string of the molecule is CCCN1CC(Nc2ccncc2Br)C1. The predicted octanol–water partition coefficient (Wildman–Crippen LogP) is 2.35. The van der Waals surface area contributed by atoms with E-state index >= 15 is 0 Å². The number of likely N-dealkylation sites (tertiary alicyclic amines) is 1. The van der Waals surface area contributed by atoms with Gasteiger partial charge in [0.15, 0.2) is 0 Å². The van der Waals surface area contributed by atoms with E-state index in [1.165, 1.54) is 13.0 Å². The highest BCUT2D eigenvalue weighted by Gasteiger charge is 2.25. The van der Waals surface area contributed by atoms with Gasteiger partial charge in [-0.05, 0) is 35.0 Å². The van der Waals surface area contributed by atoms with Crippen molar-refractivity contribution < 1.29 is 0 Å². The molecule has 3 nitrogen and oxygen atoms in total. The fourth-order valence-corrected chi connectivity index (χ4v) is 2.24. The van der Waals surface area contributed by atoms with Gasteiger partial charge in [0.05, 0.1) is 16.2 Å². The lowest BCUT2D eigenvalue weighted by Gasteiger charge is -2.40. The van der Waals surface area contributed by atoms with E-state index < -0.39 is 0 Å². The van der Waals surface area contributed by atoms with E-state index in [9.17, 15) is 0 Å². The summed E-state index contributed by atoms with van der Waals surface area (Å²) in [5, 5.41) is 3.51. The maximum atomic E-state index is 4.04. The zero-order valence-corrected chi connectivity index (χ0v) is 10.5. The van der Waals surface area contributed by atoms with Gasteiger partial charge in [-0.3, -0.25) is 9.88 Å². The van der Waals surface area contributed by atoms with Crippen LogP contribution in [0.15, 0.2) is 22.9 Å². The molecule has 0 spiro atoms. The lowest BCUT2D eigenvalue weighted by Crippen LogP contribution is -2.54. The zero-order chi connectivity index (χ0) is 10.7. The van der Waals surface area contributed by atoms with Gasteiger partial charge in [-0.25, -0.2) is 0 Å². The van der Waals surface area contributed by atoms with E-state index in [4.69, 9.17) is 0 Å². The molecular weight excluding hydrogens is 254 g/mol. The third-order valence-corrected chi connectivity index (χ3v) is 3.26. The summed E-state index contributed by atoms with van der Waals surface area (Å²) in [4.78, 5) is 6.51. The fraction of sp³-hybridized carbons (Fsp3) is 0.545. The Morgan fingerprint density at radius 3 is 3.07 bits per heavy atom. The molecule has 2 heterocycles. The summed E-state index contributed by atoms with van der Waals surface area (Å²) in [6.07, 6.45) is 4.88. The third kappa shape index (κ3) is 2.69. The fourth-order valence-electron chi connectivity index (χ4n) is 1.87. The zero-order valence-electron chi connectivity index (χ0n) is 8.91. The van der Waals surface area contributed by atoms with Crippen LogP contribution in [0, 0.1) is 0 Å². The predicted molar refractivity (Wildman–Crippen MR) is 66.1 cm³/mol. The lowest BCUT2D eigenvalue weighted by atomic mass is 10.1. The Hall–Kier alpha value is -0.610. The van der Waals surface area contributed by atoms with Gasteiger partial charge in [0.25, 0.3) is 0 Å². The molecule has 1 aliphatic rings. The molecule has 4 heteroatoms. The molecule has 1 saturated heterocycles. The van der Waals surface area contributed by atoms with Crippen molar-refractivity contribution in [3.63, 3.8) is 0 Å². The highest BCUT2D eigenvalue weighted by Crippen LogP contribution is 2.23. The van der Waals surface area contributed by atoms with Crippen molar-refractivity contribution in [3.8, 4) is 0 Å². The normalized spacial score (nSPS) is 17.5. The minimum absolute atomic E-state index is 0.593. The second-order valence-electron chi connectivity index (χ2n) is 3.96. The van der Waals surface area contributed by atoms with Gasteiger partial charge in [-0.1, -0.05) is 6.92 Å². The van der Waals surface area contributed by atoms with E-state index in [-0.39, 0.29) is 0 Å². The molecule has 2 rings (SSSR count). The first-order chi connectivity index (χ1) is 7.29. The second kappa shape index (κ2) is 4.94. The van der Waals surface area contributed by atoms with Crippen molar-refractivity contribution in [1.82, 2.24) is 9.88 Å². The van der Waals surface area contributed by atoms with Crippen molar-refractivity contribution in [3.05, 3.63) is 22.9 Å². The maximum absolute atomic E-state index is 4.04. The van der Waals surface area contributed by atoms with Gasteiger partial charge in [-0.15, -0.1) is 0 Å². The molecule has 1 aromatic heterocycles. The molecule has 0 unspecified atom stereocenters. The molecule has 0 aliphatic carbocycles. The Morgan fingerprint density at radius 1 is 1.60 bits per heavy atom. The molecule has 0 saturated carbocycles. The van der Waals surface area contributed by atoms with Crippen LogP contribution in [0.25, 0.3) is 0 Å². The minimum Gasteiger partial charge on any atom is -0.379 e. The Bertz CT molecular complexity index is 323. The number of aromatic nitrogens is 1. The van der Waals surface area contributed by atoms with Crippen LogP contribution in [0.3, 0.4) is 0 Å². The summed E-state index contributed by atoms with van der Waals surface area (Å²) in [7, 11) is 0. The van der Waals surface area contributed by atoms with Gasteiger partial charge in [0, 0.05) is 25.5 Å². The monoisotopic (exact) mass is 269 g/mol. The van der Waals surface area contributed by atoms with E-state index in [2.05, 4.69) is 38.1 Å². The number of rotatable bonds is 4. The van der Waals surface area contributed by atoms with Gasteiger partial charge >= 0.3 is 0 Å². The molecule has 1 N–H and O–H groups in total. The van der Waals surface area contributed by atoms with Crippen molar-refractivity contribution in [1.29, 1.82) is 0 Å². The average Bonchev–Trinajstić information content (AvgIpc) is 2.18. The number of hydrogen-bond acceptors (Lipinski definition) is 3. The van der Waals surface area contributed by atoms with Crippen LogP contribution in [-0.4, -0.2) is 35.6 Å². The van der Waals surface area contributed by atoms with Crippen molar-refractivity contribution >= 4 is 21.6 Å². The molecule has 1 aromatic rings. The van der Waals surface area contributed by atoms with Crippen LogP contribution < -0.4 is 5.32 Å². The molecule has 0 radical (unpaired) electrons. The topological polar surface area (TPSA) is 28.2 Å². The number of nitrogens with zero attached hydrogens (tertiary/aromatic N) is 2. The Labute approximate surface area is 99.0 Å². The van der Waals surface area contributed by atoms with Crippen molar-refractivity contribution in [2.75, 3.05) is 25.0 Å². The molecule has 15 heavy (non-hydrogen) atoms. The molecule has 0 bridgehead atoms. The highest BCUT2D eigenvalue weighted by atomic mass is 79.9. The van der Waals surface area contributed by atoms with Crippen LogP contribution in [0.4, 0.5) is 5.69 Å². The smallest absolute Gasteiger partial charge is 0.0590 e. The second-order valence-corrected chi connectivity index (χ2v) is 4.81. The number of hydrogen-bond donors (Lipinski definition) is 1. The van der Waals surface area contributed by atoms with Crippen molar-refractivity contribution in [2.24, 2.45) is 0 Å². The number of anilines is 1. The average molecular weight is 270 g/mol. The van der Waals surface area contributed by atoms with Crippen LogP contribution >= 0.6 is 15.9 Å². The summed E-state index contributed by atoms with van der Waals surface area (Å²) in [5.41, 5.74) is 1.14. The molecule has 0 atom stereocenters. The molecular formula is C11H16BrN3. The third-order valence-electron chi connectivity index (χ3n) is 2.63. The lowest BCUT2D eigenvalue weighted by molar-refractivity contribution is 0.162. The summed E-state index contributed by atoms with van der Waals surface area (Å²) >= 11 is 3.49. The van der Waals surface area contributed by atoms with Gasteiger partial charge in [0.2, 0.25) is 0 Å². The maximum Gasteiger partial charge on any atom is 0.0590 e. The summed E-state index contributed by atoms with van der Waals surface area (Å²) in [6, 6.07) is 2.60. The van der Waals surface area contributed by atoms with Gasteiger partial charge < -0.3 is 5.32 Å². The van der Waals surface area contributed by atoms with Gasteiger partial charge in [0.1, 0.15) is 0 Å². The molecule has 1 fully saturated rings. The molecule has 1 aliphatic heterocycles. The molecule has 0 aromatic carbocycles. The molecule has 82 valence electrons. The highest BCUT2D eigenvalue weighted by molar-refractivity contribution is 9.10. The standard InChI is InChI=1S/C11H16BrN3/c1-2-5-15-7-9(8-15)14-11-3-4-13-6-10(11)12/h3-4,6,9H,2,5,7-8H2,1H3,(H,13,14). The largest absolute Gasteiger partial charge is 0.379 e. The van der Waals surface area contributed by atoms with E-state index in [0.717, 1.165) is 23.2 Å². The quantitative estimate of drug-likeness (QED) is 0.910. The van der Waals surface area contributed by atoms with E-state index in [1.54, 1.807) is 0 Å². The van der Waals surface area contributed by atoms with Crippen LogP contribution in [0.2, 0.25) is 0 Å². The summed E-state index contributed by atoms with van der Waals surface area (Å²) < 4.78 is 1.04. The van der Waals surface area contributed by atoms with Crippen molar-refractivity contribution in [2.45, 2.75) is 19.4 Å². The minimum atomic E-state index is 0.593. The Kier molecular flexibility index (Phi) is 3.59. The first-order valence-electron chi connectivity index (χ1n) is 5.38. The van der Waals surface area contributed by atoms with E-state index in [1.807, 2.05) is 18.5 Å². The van der Waals surface area contributed by atoms with Crippen LogP contribution in [0.5, 0.6) is 0 Å².